The van der Waals surface area contributed by atoms with Crippen LogP contribution in [0.15, 0.2) is 10.6 Å². The molecule has 2 saturated heterocycles. The molecule has 3 atom stereocenters. The predicted octanol–water partition coefficient (Wildman–Crippen LogP) is 1.82. The standard InChI is InChI=1S/C20H34N4O4/c1-14(2)22-20(26)21-12-19-18(25)7-6-16(27-19)10-15-11-17(28-23-15)13-24-8-4-3-5-9-24/h11,14,16,18-19,25H,3-10,12-13H2,1-2H3,(H2,21,22,26)/t16-,18-,19+/m0/s1. The minimum absolute atomic E-state index is 0.0312. The van der Waals surface area contributed by atoms with Gasteiger partial charge in [0.25, 0.3) is 0 Å². The van der Waals surface area contributed by atoms with Crippen molar-refractivity contribution >= 4 is 6.03 Å². The van der Waals surface area contributed by atoms with Gasteiger partial charge in [0.15, 0.2) is 5.76 Å². The van der Waals surface area contributed by atoms with Crippen LogP contribution in [-0.2, 0) is 17.7 Å². The van der Waals surface area contributed by atoms with Crippen molar-refractivity contribution in [2.75, 3.05) is 19.6 Å². The van der Waals surface area contributed by atoms with E-state index in [4.69, 9.17) is 9.26 Å². The molecule has 1 aromatic rings. The SMILES string of the molecule is CC(C)NC(=O)NC[C@H]1O[C@H](Cc2cc(CN3CCCCC3)on2)CC[C@@H]1O. The third-order valence-corrected chi connectivity index (χ3v) is 5.34. The maximum Gasteiger partial charge on any atom is 0.315 e. The molecule has 1 aromatic heterocycles. The molecule has 2 amide bonds. The zero-order valence-electron chi connectivity index (χ0n) is 17.0. The minimum Gasteiger partial charge on any atom is -0.390 e. The Labute approximate surface area is 167 Å². The van der Waals surface area contributed by atoms with Crippen LogP contribution in [0.2, 0.25) is 0 Å². The second-order valence-electron chi connectivity index (χ2n) is 8.28. The largest absolute Gasteiger partial charge is 0.390 e. The Kier molecular flexibility index (Phi) is 7.70. The van der Waals surface area contributed by atoms with E-state index in [0.29, 0.717) is 12.8 Å². The van der Waals surface area contributed by atoms with Gasteiger partial charge < -0.3 is 25.0 Å². The molecule has 0 unspecified atom stereocenters. The number of hydrogen-bond acceptors (Lipinski definition) is 6. The van der Waals surface area contributed by atoms with Crippen LogP contribution in [0.3, 0.4) is 0 Å². The number of nitrogens with zero attached hydrogens (tertiary/aromatic N) is 2. The Morgan fingerprint density at radius 1 is 1.32 bits per heavy atom. The fourth-order valence-electron chi connectivity index (χ4n) is 3.89. The van der Waals surface area contributed by atoms with Crippen molar-refractivity contribution in [2.24, 2.45) is 0 Å². The number of nitrogens with one attached hydrogen (secondary N) is 2. The van der Waals surface area contributed by atoms with Crippen molar-refractivity contribution in [3.8, 4) is 0 Å². The van der Waals surface area contributed by atoms with Gasteiger partial charge in [-0.15, -0.1) is 0 Å². The molecule has 0 bridgehead atoms. The molecule has 3 rings (SSSR count). The minimum atomic E-state index is -0.567. The lowest BCUT2D eigenvalue weighted by atomic mass is 9.98. The Bertz CT molecular complexity index is 615. The van der Waals surface area contributed by atoms with Gasteiger partial charge in [0, 0.05) is 25.1 Å². The summed E-state index contributed by atoms with van der Waals surface area (Å²) in [6, 6.07) is 1.84. The molecule has 3 N–H and O–H groups in total. The van der Waals surface area contributed by atoms with Crippen LogP contribution < -0.4 is 10.6 Å². The number of urea groups is 1. The van der Waals surface area contributed by atoms with Crippen LogP contribution in [0.5, 0.6) is 0 Å². The Hall–Kier alpha value is -1.64. The molecular formula is C20H34N4O4. The second-order valence-corrected chi connectivity index (χ2v) is 8.28. The van der Waals surface area contributed by atoms with Gasteiger partial charge in [0.1, 0.15) is 6.10 Å². The van der Waals surface area contributed by atoms with Crippen molar-refractivity contribution < 1.29 is 19.2 Å². The topological polar surface area (TPSA) is 99.9 Å². The summed E-state index contributed by atoms with van der Waals surface area (Å²) < 4.78 is 11.5. The number of aliphatic hydroxyl groups excluding tert-OH is 1. The second kappa shape index (κ2) is 10.2. The van der Waals surface area contributed by atoms with Gasteiger partial charge in [-0.25, -0.2) is 4.79 Å². The first kappa shape index (κ1) is 21.1. The number of aromatic nitrogens is 1. The van der Waals surface area contributed by atoms with Crippen molar-refractivity contribution in [1.29, 1.82) is 0 Å². The summed E-state index contributed by atoms with van der Waals surface area (Å²) in [6.45, 7) is 7.15. The van der Waals surface area contributed by atoms with Crippen LogP contribution in [0.4, 0.5) is 4.79 Å². The quantitative estimate of drug-likeness (QED) is 0.652. The zero-order valence-corrected chi connectivity index (χ0v) is 17.0. The molecule has 0 aromatic carbocycles. The first-order valence-electron chi connectivity index (χ1n) is 10.5. The zero-order chi connectivity index (χ0) is 19.9. The van der Waals surface area contributed by atoms with Crippen LogP contribution in [-0.4, -0.2) is 65.2 Å². The van der Waals surface area contributed by atoms with Gasteiger partial charge in [0.05, 0.1) is 24.4 Å². The highest BCUT2D eigenvalue weighted by molar-refractivity contribution is 5.74. The van der Waals surface area contributed by atoms with Crippen LogP contribution in [0.25, 0.3) is 0 Å². The molecule has 0 spiro atoms. The van der Waals surface area contributed by atoms with Crippen molar-refractivity contribution in [3.05, 3.63) is 17.5 Å². The van der Waals surface area contributed by atoms with E-state index < -0.39 is 12.2 Å². The number of ether oxygens (including phenoxy) is 1. The lowest BCUT2D eigenvalue weighted by Crippen LogP contribution is -2.49. The van der Waals surface area contributed by atoms with Crippen LogP contribution >= 0.6 is 0 Å². The summed E-state index contributed by atoms with van der Waals surface area (Å²) in [6.07, 6.45) is 4.90. The first-order valence-corrected chi connectivity index (χ1v) is 10.5. The fourth-order valence-corrected chi connectivity index (χ4v) is 3.89. The molecule has 8 nitrogen and oxygen atoms in total. The van der Waals surface area contributed by atoms with Crippen LogP contribution in [0, 0.1) is 0 Å². The summed E-state index contributed by atoms with van der Waals surface area (Å²) >= 11 is 0. The molecule has 8 heteroatoms. The van der Waals surface area contributed by atoms with Crippen LogP contribution in [0.1, 0.15) is 57.4 Å². The molecule has 3 heterocycles. The monoisotopic (exact) mass is 394 g/mol. The fraction of sp³-hybridized carbons (Fsp3) is 0.800. The van der Waals surface area contributed by atoms with E-state index in [1.54, 1.807) is 0 Å². The highest BCUT2D eigenvalue weighted by Gasteiger charge is 2.31. The van der Waals surface area contributed by atoms with E-state index >= 15 is 0 Å². The summed E-state index contributed by atoms with van der Waals surface area (Å²) in [5.74, 6) is 0.899. The number of carbonyl (C=O) groups is 1. The Morgan fingerprint density at radius 2 is 2.11 bits per heavy atom. The molecule has 0 saturated carbocycles. The molecule has 2 fully saturated rings. The number of amides is 2. The third kappa shape index (κ3) is 6.46. The summed E-state index contributed by atoms with van der Waals surface area (Å²) in [7, 11) is 0. The molecule has 2 aliphatic heterocycles. The highest BCUT2D eigenvalue weighted by atomic mass is 16.5. The number of piperidine rings is 1. The first-order chi connectivity index (χ1) is 13.5. The number of carbonyl (C=O) groups excluding carboxylic acids is 1. The van der Waals surface area contributed by atoms with E-state index in [2.05, 4.69) is 20.7 Å². The molecule has 158 valence electrons. The lowest BCUT2D eigenvalue weighted by molar-refractivity contribution is -0.113. The number of aliphatic hydroxyl groups is 1. The average molecular weight is 395 g/mol. The molecule has 0 radical (unpaired) electrons. The maximum atomic E-state index is 11.8. The van der Waals surface area contributed by atoms with Gasteiger partial charge in [-0.1, -0.05) is 11.6 Å². The molecule has 0 aliphatic carbocycles. The van der Waals surface area contributed by atoms with E-state index in [1.165, 1.54) is 19.3 Å². The van der Waals surface area contributed by atoms with Gasteiger partial charge in [0.2, 0.25) is 0 Å². The van der Waals surface area contributed by atoms with Crippen molar-refractivity contribution in [3.63, 3.8) is 0 Å². The smallest absolute Gasteiger partial charge is 0.315 e. The molecule has 28 heavy (non-hydrogen) atoms. The summed E-state index contributed by atoms with van der Waals surface area (Å²) in [5.41, 5.74) is 0.887. The van der Waals surface area contributed by atoms with Crippen molar-refractivity contribution in [1.82, 2.24) is 20.7 Å². The molecular weight excluding hydrogens is 360 g/mol. The lowest BCUT2D eigenvalue weighted by Gasteiger charge is -2.33. The number of likely N-dealkylation sites (tertiary alicyclic amines) is 1. The summed E-state index contributed by atoms with van der Waals surface area (Å²) in [4.78, 5) is 14.2. The highest BCUT2D eigenvalue weighted by Crippen LogP contribution is 2.23. The number of rotatable bonds is 7. The van der Waals surface area contributed by atoms with E-state index in [0.717, 1.165) is 37.5 Å². The van der Waals surface area contributed by atoms with E-state index in [-0.39, 0.29) is 24.7 Å². The van der Waals surface area contributed by atoms with Gasteiger partial charge in [-0.05, 0) is 52.6 Å². The normalized spacial score (nSPS) is 26.4. The van der Waals surface area contributed by atoms with Gasteiger partial charge in [-0.3, -0.25) is 4.90 Å². The average Bonchev–Trinajstić information content (AvgIpc) is 3.09. The van der Waals surface area contributed by atoms with Crippen molar-refractivity contribution in [2.45, 2.75) is 83.3 Å². The molecule has 2 aliphatic rings. The third-order valence-electron chi connectivity index (χ3n) is 5.34. The maximum absolute atomic E-state index is 11.8. The Balaban J connectivity index is 1.45. The number of hydrogen-bond donors (Lipinski definition) is 3. The van der Waals surface area contributed by atoms with Gasteiger partial charge in [-0.2, -0.15) is 0 Å². The van der Waals surface area contributed by atoms with E-state index in [1.807, 2.05) is 19.9 Å². The predicted molar refractivity (Wildman–Crippen MR) is 105 cm³/mol. The summed E-state index contributed by atoms with van der Waals surface area (Å²) in [5, 5.41) is 19.9. The Morgan fingerprint density at radius 3 is 2.86 bits per heavy atom. The van der Waals surface area contributed by atoms with E-state index in [9.17, 15) is 9.90 Å². The van der Waals surface area contributed by atoms with Gasteiger partial charge >= 0.3 is 6.03 Å².